The maximum Gasteiger partial charge on any atom is 0.253 e. The van der Waals surface area contributed by atoms with Crippen molar-refractivity contribution >= 4 is 182 Å². The molecule has 2 aromatic carbocycles. The van der Waals surface area contributed by atoms with Crippen molar-refractivity contribution in [2.45, 2.75) is 56.2 Å². The number of ketones is 2. The lowest BCUT2D eigenvalue weighted by Crippen LogP contribution is -2.40. The molecule has 2 aromatic rings. The number of amides is 3. The summed E-state index contributed by atoms with van der Waals surface area (Å²) in [4.78, 5) is 78.1. The molecule has 65 heavy (non-hydrogen) atoms. The minimum absolute atomic E-state index is 0.0280. The minimum Gasteiger partial charge on any atom is -0.394 e. The molecule has 2 rings (SSSR count). The molecule has 0 saturated heterocycles. The van der Waals surface area contributed by atoms with E-state index < -0.39 is 87.9 Å². The van der Waals surface area contributed by atoms with Crippen LogP contribution in [-0.2, 0) is 9.59 Å². The summed E-state index contributed by atoms with van der Waals surface area (Å²) < 4.78 is 2.17. The van der Waals surface area contributed by atoms with E-state index in [0.29, 0.717) is 35.5 Å². The third-order valence-corrected chi connectivity index (χ3v) is 15.3. The van der Waals surface area contributed by atoms with E-state index in [1.807, 2.05) is 136 Å². The Morgan fingerprint density at radius 2 is 0.892 bits per heavy atom. The second kappa shape index (κ2) is 31.7. The van der Waals surface area contributed by atoms with Crippen LogP contribution in [0.25, 0.3) is 0 Å². The number of hydrogen-bond donors (Lipinski definition) is 13. The smallest absolute Gasteiger partial charge is 0.253 e. The molecule has 0 aliphatic heterocycles. The highest BCUT2D eigenvalue weighted by Crippen LogP contribution is 2.40. The number of hydrogen-bond acceptors (Lipinski definition) is 18. The van der Waals surface area contributed by atoms with Crippen LogP contribution in [0.5, 0.6) is 0 Å². The number of anilines is 2. The van der Waals surface area contributed by atoms with Crippen molar-refractivity contribution in [3.63, 3.8) is 0 Å². The van der Waals surface area contributed by atoms with Crippen molar-refractivity contribution in [2.75, 3.05) is 82.7 Å². The second-order valence-corrected chi connectivity index (χ2v) is 20.3. The number of likely N-dealkylation sites (N-methyl/N-ethyl adjacent to an activating group) is 1. The number of aliphatic hydroxyl groups is 11. The van der Waals surface area contributed by atoms with Gasteiger partial charge in [0.2, 0.25) is 0 Å². The van der Waals surface area contributed by atoms with E-state index in [4.69, 9.17) is 20.4 Å². The quantitative estimate of drug-likeness (QED) is 0.0309. The lowest BCUT2D eigenvalue weighted by atomic mass is 9.97. The summed E-state index contributed by atoms with van der Waals surface area (Å²) in [5.74, 6) is -2.67. The largest absolute Gasteiger partial charge is 0.394 e. The Labute approximate surface area is 455 Å². The summed E-state index contributed by atoms with van der Waals surface area (Å²) in [6.45, 7) is -4.33. The number of carbonyl (C=O) groups excluding carboxylic acids is 6. The molecule has 0 saturated carbocycles. The molecule has 5 unspecified atom stereocenters. The van der Waals surface area contributed by atoms with Crippen LogP contribution in [0, 0.1) is 21.4 Å². The van der Waals surface area contributed by atoms with Gasteiger partial charge in [-0.15, -0.1) is 0 Å². The molecule has 0 aromatic heterocycles. The number of Topliss-reactive ketones (excluding diaryl/α,β-unsaturated/α-hetero) is 2. The average molecular weight is 1600 g/mol. The normalized spacial score (nSPS) is 13.4. The predicted octanol–water partition coefficient (Wildman–Crippen LogP) is -0.887. The number of nitrogens with zero attached hydrogens (tertiary/aromatic N) is 2. The minimum atomic E-state index is -1.21. The molecule has 0 aliphatic carbocycles. The summed E-state index contributed by atoms with van der Waals surface area (Å²) in [7, 11) is 1.43. The van der Waals surface area contributed by atoms with Gasteiger partial charge in [-0.3, -0.25) is 24.0 Å². The number of carbonyl (C=O) groups is 6. The fourth-order valence-corrected chi connectivity index (χ4v) is 15.3. The first-order valence-electron chi connectivity index (χ1n) is 19.1. The van der Waals surface area contributed by atoms with E-state index >= 15 is 0 Å². The molecule has 0 aliphatic rings. The van der Waals surface area contributed by atoms with Crippen molar-refractivity contribution in [1.82, 2.24) is 10.6 Å². The van der Waals surface area contributed by atoms with Gasteiger partial charge in [-0.25, -0.2) is 0 Å². The standard InChI is InChI=1S/C19H26I3N3O9.C19H24I3NO8/c20-14-12(18(33)23-3-9(30)6-27)15(21)17(25(1-2-26)5-11(32)8-29)16(22)13(14)19(34)24-4-10(31)7-28;1-23(13(31)8-26)19-17(21)14(11(29)4-2-9(27)6-24)16(20)15(18(19)22)12(30)5-3-10(28)7-25/h2,9-11,27-32H,1,3-8H2,(H,23,33)(H,24,34);9-10,24-28H,2-8H2,1H3. The van der Waals surface area contributed by atoms with Crippen molar-refractivity contribution in [3.8, 4) is 0 Å². The zero-order valence-corrected chi connectivity index (χ0v) is 47.3. The fraction of sp³-hybridized carbons (Fsp3) is 0.526. The molecule has 13 N–H and O–H groups in total. The Morgan fingerprint density at radius 1 is 0.538 bits per heavy atom. The van der Waals surface area contributed by atoms with Crippen molar-refractivity contribution in [3.05, 3.63) is 43.7 Å². The molecule has 0 bridgehead atoms. The number of benzene rings is 2. The Morgan fingerprint density at radius 3 is 1.23 bits per heavy atom. The number of aldehydes is 1. The molecule has 5 atom stereocenters. The van der Waals surface area contributed by atoms with E-state index in [1.54, 1.807) is 0 Å². The van der Waals surface area contributed by atoms with Crippen molar-refractivity contribution in [1.29, 1.82) is 0 Å². The lowest BCUT2D eigenvalue weighted by Gasteiger charge is -2.29. The van der Waals surface area contributed by atoms with Crippen LogP contribution in [0.2, 0.25) is 0 Å². The third-order valence-electron chi connectivity index (χ3n) is 8.95. The molecule has 366 valence electrons. The number of nitrogens with one attached hydrogen (secondary N) is 2. The maximum absolute atomic E-state index is 13.0. The highest BCUT2D eigenvalue weighted by molar-refractivity contribution is 14.1. The zero-order chi connectivity index (χ0) is 49.9. The molecular formula is C38H50I6N4O17. The van der Waals surface area contributed by atoms with Gasteiger partial charge in [-0.05, 0) is 148 Å². The monoisotopic (exact) mass is 1600 g/mol. The van der Waals surface area contributed by atoms with Crippen LogP contribution in [0.4, 0.5) is 11.4 Å². The summed E-state index contributed by atoms with van der Waals surface area (Å²) in [6.07, 6.45) is -5.24. The summed E-state index contributed by atoms with van der Waals surface area (Å²) in [5.41, 5.74) is 1.14. The van der Waals surface area contributed by atoms with Gasteiger partial charge in [0.1, 0.15) is 12.9 Å². The first-order valence-corrected chi connectivity index (χ1v) is 25.6. The first-order chi connectivity index (χ1) is 30.5. The third kappa shape index (κ3) is 18.4. The van der Waals surface area contributed by atoms with Gasteiger partial charge in [-0.1, -0.05) is 0 Å². The molecule has 0 fully saturated rings. The van der Waals surface area contributed by atoms with Gasteiger partial charge < -0.3 is 81.4 Å². The molecule has 3 amide bonds. The molecular weight excluding hydrogens is 1550 g/mol. The highest BCUT2D eigenvalue weighted by Gasteiger charge is 2.33. The van der Waals surface area contributed by atoms with E-state index in [0.717, 1.165) is 0 Å². The SMILES string of the molecule is CN(C(=O)CO)c1c(I)c(C(=O)CCC(O)CO)c(I)c(C(=O)CCC(O)CO)c1I.O=CCN(CC(O)CO)c1c(I)c(C(=O)NCC(O)CO)c(I)c(C(=O)NCC(O)CO)c1I. The highest BCUT2D eigenvalue weighted by atomic mass is 127. The molecule has 0 heterocycles. The maximum atomic E-state index is 13.0. The van der Waals surface area contributed by atoms with E-state index in [1.165, 1.54) is 16.8 Å². The molecule has 21 nitrogen and oxygen atoms in total. The summed E-state index contributed by atoms with van der Waals surface area (Å²) in [6, 6.07) is 0. The average Bonchev–Trinajstić information content (AvgIpc) is 3.27. The fourth-order valence-electron chi connectivity index (χ4n) is 5.41. The predicted molar refractivity (Wildman–Crippen MR) is 285 cm³/mol. The summed E-state index contributed by atoms with van der Waals surface area (Å²) in [5, 5.41) is 108. The van der Waals surface area contributed by atoms with Crippen LogP contribution < -0.4 is 20.4 Å². The van der Waals surface area contributed by atoms with Gasteiger partial charge >= 0.3 is 0 Å². The van der Waals surface area contributed by atoms with Gasteiger partial charge in [0.25, 0.3) is 17.7 Å². The van der Waals surface area contributed by atoms with Crippen LogP contribution in [0.15, 0.2) is 0 Å². The van der Waals surface area contributed by atoms with Crippen LogP contribution in [-0.4, -0.2) is 195 Å². The molecule has 0 radical (unpaired) electrons. The van der Waals surface area contributed by atoms with Gasteiger partial charge in [0.05, 0.1) is 99.7 Å². The van der Waals surface area contributed by atoms with Crippen molar-refractivity contribution < 1.29 is 84.9 Å². The Balaban J connectivity index is 0.000000653. The molecule has 27 heteroatoms. The Bertz CT molecular complexity index is 1880. The Hall–Kier alpha value is -0.400. The van der Waals surface area contributed by atoms with Gasteiger partial charge in [0, 0.05) is 64.9 Å². The number of halogens is 6. The van der Waals surface area contributed by atoms with Crippen molar-refractivity contribution in [2.24, 2.45) is 0 Å². The van der Waals surface area contributed by atoms with Crippen LogP contribution >= 0.6 is 136 Å². The molecule has 0 spiro atoms. The number of rotatable bonds is 26. The lowest BCUT2D eigenvalue weighted by molar-refractivity contribution is -0.121. The Kier molecular flexibility index (Phi) is 30.6. The van der Waals surface area contributed by atoms with Crippen LogP contribution in [0.3, 0.4) is 0 Å². The van der Waals surface area contributed by atoms with E-state index in [9.17, 15) is 64.5 Å². The second-order valence-electron chi connectivity index (χ2n) is 13.8. The van der Waals surface area contributed by atoms with E-state index in [2.05, 4.69) is 10.6 Å². The zero-order valence-electron chi connectivity index (χ0n) is 34.4. The van der Waals surface area contributed by atoms with E-state index in [-0.39, 0.29) is 89.3 Å². The first kappa shape index (κ1) is 62.6. The summed E-state index contributed by atoms with van der Waals surface area (Å²) >= 11 is 11.3. The number of aliphatic hydroxyl groups excluding tert-OH is 11. The topological polar surface area (TPSA) is 355 Å². The van der Waals surface area contributed by atoms with Crippen LogP contribution in [0.1, 0.15) is 67.1 Å². The van der Waals surface area contributed by atoms with Gasteiger partial charge in [-0.2, -0.15) is 0 Å². The van der Waals surface area contributed by atoms with Gasteiger partial charge in [0.15, 0.2) is 11.6 Å².